The van der Waals surface area contributed by atoms with Crippen LogP contribution >= 0.6 is 23.2 Å². The number of halogens is 4. The molecule has 0 spiro atoms. The molecule has 15 heteroatoms. The highest BCUT2D eigenvalue weighted by molar-refractivity contribution is 6.35. The fraction of sp³-hybridized carbons (Fsp3) is 0.333. The molecule has 3 amide bonds. The standard InChI is InChI=1S/C33H32Cl2F2N6O5/c1-18(40-31(45)20-9-11-38-12-10-20)33(47)43-13-3-4-26(43)27(44)8-6-21(14-19-5-7-24(36)25(37)15-19)41-32(46)28-16-22(30(35)48-28)29-23(34)17-39-42(29)2/h5,7,9-12,15-18,21,26H,3-4,6,8,13-14H2,1-2H3,(H,40,45)(H,41,46)/t18-,21-,26+/m1/s1. The van der Waals surface area contributed by atoms with E-state index in [-0.39, 0.29) is 41.9 Å². The van der Waals surface area contributed by atoms with E-state index in [0.29, 0.717) is 46.8 Å². The second-order valence-electron chi connectivity index (χ2n) is 11.5. The lowest BCUT2D eigenvalue weighted by molar-refractivity contribution is -0.138. The Morgan fingerprint density at radius 3 is 2.48 bits per heavy atom. The number of ketones is 1. The fourth-order valence-corrected chi connectivity index (χ4v) is 6.23. The van der Waals surface area contributed by atoms with Gasteiger partial charge in [-0.3, -0.25) is 28.8 Å². The molecule has 0 radical (unpaired) electrons. The van der Waals surface area contributed by atoms with Gasteiger partial charge in [-0.15, -0.1) is 0 Å². The van der Waals surface area contributed by atoms with Crippen LogP contribution in [0.15, 0.2) is 59.4 Å². The van der Waals surface area contributed by atoms with E-state index in [1.165, 1.54) is 52.4 Å². The van der Waals surface area contributed by atoms with Gasteiger partial charge in [0.15, 0.2) is 23.2 Å². The first-order valence-electron chi connectivity index (χ1n) is 15.2. The minimum absolute atomic E-state index is 0.0321. The van der Waals surface area contributed by atoms with Gasteiger partial charge in [0.2, 0.25) is 11.1 Å². The summed E-state index contributed by atoms with van der Waals surface area (Å²) in [6, 6.07) is 5.56. The number of hydrogen-bond acceptors (Lipinski definition) is 7. The third kappa shape index (κ3) is 7.91. The van der Waals surface area contributed by atoms with Gasteiger partial charge < -0.3 is 20.0 Å². The van der Waals surface area contributed by atoms with Crippen molar-refractivity contribution in [3.8, 4) is 11.3 Å². The zero-order valence-electron chi connectivity index (χ0n) is 26.0. The number of aromatic nitrogens is 3. The molecule has 3 aromatic heterocycles. The highest BCUT2D eigenvalue weighted by Gasteiger charge is 2.36. The topological polar surface area (TPSA) is 139 Å². The van der Waals surface area contributed by atoms with Gasteiger partial charge in [0.05, 0.1) is 28.5 Å². The number of hydrogen-bond donors (Lipinski definition) is 2. The highest BCUT2D eigenvalue weighted by atomic mass is 35.5. The van der Waals surface area contributed by atoms with E-state index in [4.69, 9.17) is 27.6 Å². The zero-order valence-corrected chi connectivity index (χ0v) is 27.5. The van der Waals surface area contributed by atoms with E-state index in [2.05, 4.69) is 20.7 Å². The summed E-state index contributed by atoms with van der Waals surface area (Å²) in [5.41, 5.74) is 1.52. The first-order valence-corrected chi connectivity index (χ1v) is 15.9. The average molecular weight is 702 g/mol. The van der Waals surface area contributed by atoms with Crippen LogP contribution in [-0.4, -0.2) is 67.8 Å². The lowest BCUT2D eigenvalue weighted by Crippen LogP contribution is -2.50. The number of nitrogens with one attached hydrogen (secondary N) is 2. The molecule has 0 saturated carbocycles. The molecule has 2 N–H and O–H groups in total. The minimum atomic E-state index is -1.05. The van der Waals surface area contributed by atoms with E-state index < -0.39 is 41.6 Å². The Hall–Kier alpha value is -4.62. The van der Waals surface area contributed by atoms with Gasteiger partial charge in [-0.2, -0.15) is 5.10 Å². The molecule has 5 rings (SSSR count). The molecule has 4 aromatic rings. The minimum Gasteiger partial charge on any atom is -0.439 e. The predicted octanol–water partition coefficient (Wildman–Crippen LogP) is 5.16. The molecule has 1 aromatic carbocycles. The molecule has 1 aliphatic heterocycles. The van der Waals surface area contributed by atoms with Crippen LogP contribution in [0.3, 0.4) is 0 Å². The second-order valence-corrected chi connectivity index (χ2v) is 12.3. The molecule has 11 nitrogen and oxygen atoms in total. The van der Waals surface area contributed by atoms with E-state index >= 15 is 0 Å². The summed E-state index contributed by atoms with van der Waals surface area (Å²) in [6.07, 6.45) is 5.56. The van der Waals surface area contributed by atoms with Crippen LogP contribution in [0.2, 0.25) is 10.2 Å². The maximum atomic E-state index is 14.1. The molecule has 0 bridgehead atoms. The number of carbonyl (C=O) groups excluding carboxylic acids is 4. The summed E-state index contributed by atoms with van der Waals surface area (Å²) in [4.78, 5) is 58.1. The number of pyridine rings is 1. The number of amides is 3. The Morgan fingerprint density at radius 1 is 1.04 bits per heavy atom. The lowest BCUT2D eigenvalue weighted by atomic mass is 9.97. The van der Waals surface area contributed by atoms with Crippen molar-refractivity contribution in [3.05, 3.63) is 93.8 Å². The molecule has 1 aliphatic rings. The number of rotatable bonds is 12. The number of benzene rings is 1. The molecule has 0 unspecified atom stereocenters. The van der Waals surface area contributed by atoms with Gasteiger partial charge in [0.25, 0.3) is 11.8 Å². The van der Waals surface area contributed by atoms with Crippen LogP contribution < -0.4 is 10.6 Å². The molecule has 3 atom stereocenters. The highest BCUT2D eigenvalue weighted by Crippen LogP contribution is 2.35. The average Bonchev–Trinajstić information content (AvgIpc) is 3.79. The number of likely N-dealkylation sites (tertiary alicyclic amines) is 1. The summed E-state index contributed by atoms with van der Waals surface area (Å²) >= 11 is 12.5. The van der Waals surface area contributed by atoms with Crippen LogP contribution in [0.4, 0.5) is 8.78 Å². The lowest BCUT2D eigenvalue weighted by Gasteiger charge is -2.27. The third-order valence-corrected chi connectivity index (χ3v) is 8.73. The van der Waals surface area contributed by atoms with E-state index in [0.717, 1.165) is 12.1 Å². The second kappa shape index (κ2) is 15.1. The van der Waals surface area contributed by atoms with Crippen molar-refractivity contribution in [3.63, 3.8) is 0 Å². The summed E-state index contributed by atoms with van der Waals surface area (Å²) in [5, 5.41) is 9.77. The Kier molecular flexibility index (Phi) is 10.9. The largest absolute Gasteiger partial charge is 0.439 e. The first kappa shape index (κ1) is 34.7. The molecule has 1 saturated heterocycles. The number of aryl methyl sites for hydroxylation is 1. The number of furan rings is 1. The van der Waals surface area contributed by atoms with Gasteiger partial charge in [-0.05, 0) is 74.0 Å². The molecule has 1 fully saturated rings. The van der Waals surface area contributed by atoms with Crippen LogP contribution in [0, 0.1) is 11.6 Å². The van der Waals surface area contributed by atoms with Gasteiger partial charge in [0.1, 0.15) is 6.04 Å². The molecule has 0 aliphatic carbocycles. The smallest absolute Gasteiger partial charge is 0.287 e. The van der Waals surface area contributed by atoms with Crippen molar-refractivity contribution >= 4 is 46.7 Å². The van der Waals surface area contributed by atoms with Gasteiger partial charge >= 0.3 is 0 Å². The van der Waals surface area contributed by atoms with Gasteiger partial charge in [0, 0.05) is 50.1 Å². The van der Waals surface area contributed by atoms with Crippen LogP contribution in [0.5, 0.6) is 0 Å². The third-order valence-electron chi connectivity index (χ3n) is 8.17. The van der Waals surface area contributed by atoms with Crippen molar-refractivity contribution in [1.29, 1.82) is 0 Å². The fourth-order valence-electron chi connectivity index (χ4n) is 5.73. The van der Waals surface area contributed by atoms with E-state index in [9.17, 15) is 28.0 Å². The quantitative estimate of drug-likeness (QED) is 0.208. The molecule has 252 valence electrons. The summed E-state index contributed by atoms with van der Waals surface area (Å²) in [7, 11) is 1.65. The Labute approximate surface area is 284 Å². The van der Waals surface area contributed by atoms with Crippen molar-refractivity contribution in [1.82, 2.24) is 30.3 Å². The van der Waals surface area contributed by atoms with Crippen LogP contribution in [0.25, 0.3) is 11.3 Å². The van der Waals surface area contributed by atoms with E-state index in [1.54, 1.807) is 14.0 Å². The van der Waals surface area contributed by atoms with Crippen molar-refractivity contribution in [2.24, 2.45) is 7.05 Å². The summed E-state index contributed by atoms with van der Waals surface area (Å²) in [6.45, 7) is 1.91. The number of nitrogens with zero attached hydrogens (tertiary/aromatic N) is 4. The molecule has 4 heterocycles. The number of carbonyl (C=O) groups is 4. The Morgan fingerprint density at radius 2 is 1.79 bits per heavy atom. The molecule has 48 heavy (non-hydrogen) atoms. The maximum absolute atomic E-state index is 14.1. The Bertz CT molecular complexity index is 1810. The van der Waals surface area contributed by atoms with Crippen molar-refractivity contribution < 1.29 is 32.4 Å². The van der Waals surface area contributed by atoms with E-state index in [1.807, 2.05) is 0 Å². The van der Waals surface area contributed by atoms with Crippen molar-refractivity contribution in [2.45, 2.75) is 57.2 Å². The maximum Gasteiger partial charge on any atom is 0.287 e. The zero-order chi connectivity index (χ0) is 34.5. The molecular weight excluding hydrogens is 669 g/mol. The van der Waals surface area contributed by atoms with Crippen LogP contribution in [0.1, 0.15) is 59.1 Å². The number of Topliss-reactive ketones (excluding diaryl/α,β-unsaturated/α-hetero) is 1. The van der Waals surface area contributed by atoms with Crippen molar-refractivity contribution in [2.75, 3.05) is 6.54 Å². The molecular formula is C33H32Cl2F2N6O5. The van der Waals surface area contributed by atoms with Gasteiger partial charge in [-0.1, -0.05) is 17.7 Å². The predicted molar refractivity (Wildman–Crippen MR) is 172 cm³/mol. The first-order chi connectivity index (χ1) is 22.9. The summed E-state index contributed by atoms with van der Waals surface area (Å²) < 4.78 is 34.7. The normalized spacial score (nSPS) is 15.6. The Balaban J connectivity index is 1.27. The monoisotopic (exact) mass is 700 g/mol. The summed E-state index contributed by atoms with van der Waals surface area (Å²) in [5.74, 6) is -3.91. The SMILES string of the molecule is C[C@@H](NC(=O)c1ccncc1)C(=O)N1CCC[C@H]1C(=O)CC[C@H](Cc1ccc(F)c(F)c1)NC(=O)c1cc(-c2c(Cl)cnn2C)c(Cl)o1. The van der Waals surface area contributed by atoms with Gasteiger partial charge in [-0.25, -0.2) is 8.78 Å². The van der Waals surface area contributed by atoms with Crippen LogP contribution in [-0.2, 0) is 23.1 Å².